The first-order valence-corrected chi connectivity index (χ1v) is 7.88. The number of aryl methyl sites for hydroxylation is 1. The molecular weight excluding hydrogens is 240 g/mol. The largest absolute Gasteiger partial charge is 0.384 e. The van der Waals surface area contributed by atoms with Gasteiger partial charge in [0.25, 0.3) is 0 Å². The first-order chi connectivity index (χ1) is 8.66. The van der Waals surface area contributed by atoms with E-state index in [-0.39, 0.29) is 0 Å². The van der Waals surface area contributed by atoms with Crippen molar-refractivity contribution in [1.82, 2.24) is 4.90 Å². The summed E-state index contributed by atoms with van der Waals surface area (Å²) in [4.78, 5) is 2.60. The van der Waals surface area contributed by atoms with Crippen LogP contribution in [0.15, 0.2) is 24.3 Å². The van der Waals surface area contributed by atoms with E-state index in [0.29, 0.717) is 6.04 Å². The standard InChI is InChI=1S/C15H24N2S/c1-12-5-4-6-15(11-12)16-7-8-17-9-10-18-14(3)13(17)2/h4-6,11,13-14,16H,7-10H2,1-3H3. The summed E-state index contributed by atoms with van der Waals surface area (Å²) in [6.07, 6.45) is 0. The van der Waals surface area contributed by atoms with E-state index in [1.54, 1.807) is 0 Å². The Morgan fingerprint density at radius 2 is 2.22 bits per heavy atom. The van der Waals surface area contributed by atoms with Crippen LogP contribution in [0.25, 0.3) is 0 Å². The molecule has 1 aromatic rings. The molecule has 100 valence electrons. The van der Waals surface area contributed by atoms with Crippen LogP contribution in [0.4, 0.5) is 5.69 Å². The summed E-state index contributed by atoms with van der Waals surface area (Å²) >= 11 is 2.10. The maximum absolute atomic E-state index is 3.52. The fraction of sp³-hybridized carbons (Fsp3) is 0.600. The molecule has 1 saturated heterocycles. The Morgan fingerprint density at radius 3 is 3.00 bits per heavy atom. The molecule has 1 aliphatic rings. The van der Waals surface area contributed by atoms with Crippen LogP contribution in [-0.4, -0.2) is 41.6 Å². The SMILES string of the molecule is Cc1cccc(NCCN2CCSC(C)C2C)c1. The lowest BCUT2D eigenvalue weighted by atomic mass is 10.2. The smallest absolute Gasteiger partial charge is 0.0343 e. The number of hydrogen-bond donors (Lipinski definition) is 1. The number of anilines is 1. The van der Waals surface area contributed by atoms with Gasteiger partial charge in [-0.2, -0.15) is 11.8 Å². The van der Waals surface area contributed by atoms with Gasteiger partial charge in [-0.25, -0.2) is 0 Å². The molecule has 0 bridgehead atoms. The van der Waals surface area contributed by atoms with Gasteiger partial charge in [-0.05, 0) is 31.5 Å². The van der Waals surface area contributed by atoms with Crippen LogP contribution >= 0.6 is 11.8 Å². The summed E-state index contributed by atoms with van der Waals surface area (Å²) in [5.41, 5.74) is 2.55. The van der Waals surface area contributed by atoms with Crippen LogP contribution in [0.5, 0.6) is 0 Å². The molecule has 0 aliphatic carbocycles. The average Bonchev–Trinajstić information content (AvgIpc) is 2.35. The molecule has 1 N–H and O–H groups in total. The fourth-order valence-corrected chi connectivity index (χ4v) is 3.57. The lowest BCUT2D eigenvalue weighted by molar-refractivity contribution is 0.221. The minimum atomic E-state index is 0.697. The summed E-state index contributed by atoms with van der Waals surface area (Å²) in [5.74, 6) is 1.27. The Morgan fingerprint density at radius 1 is 1.39 bits per heavy atom. The van der Waals surface area contributed by atoms with Gasteiger partial charge < -0.3 is 5.32 Å². The van der Waals surface area contributed by atoms with Crippen LogP contribution in [-0.2, 0) is 0 Å². The highest BCUT2D eigenvalue weighted by molar-refractivity contribution is 8.00. The highest BCUT2D eigenvalue weighted by Crippen LogP contribution is 2.23. The van der Waals surface area contributed by atoms with Crippen LogP contribution in [0, 0.1) is 6.92 Å². The van der Waals surface area contributed by atoms with Crippen molar-refractivity contribution in [1.29, 1.82) is 0 Å². The van der Waals surface area contributed by atoms with Gasteiger partial charge >= 0.3 is 0 Å². The van der Waals surface area contributed by atoms with Crippen molar-refractivity contribution >= 4 is 17.4 Å². The molecule has 3 heteroatoms. The molecule has 1 heterocycles. The zero-order valence-electron chi connectivity index (χ0n) is 11.6. The molecule has 0 saturated carbocycles. The Balaban J connectivity index is 1.78. The molecule has 1 aromatic carbocycles. The van der Waals surface area contributed by atoms with Crippen molar-refractivity contribution in [2.75, 3.05) is 30.7 Å². The second-order valence-corrected chi connectivity index (χ2v) is 6.63. The monoisotopic (exact) mass is 264 g/mol. The number of rotatable bonds is 4. The maximum atomic E-state index is 3.52. The lowest BCUT2D eigenvalue weighted by Crippen LogP contribution is -2.46. The molecule has 2 atom stereocenters. The maximum Gasteiger partial charge on any atom is 0.0343 e. The Hall–Kier alpha value is -0.670. The minimum Gasteiger partial charge on any atom is -0.384 e. The molecule has 0 spiro atoms. The molecular formula is C15H24N2S. The fourth-order valence-electron chi connectivity index (χ4n) is 2.41. The molecule has 0 amide bonds. The quantitative estimate of drug-likeness (QED) is 0.899. The van der Waals surface area contributed by atoms with Gasteiger partial charge in [0.05, 0.1) is 0 Å². The molecule has 2 rings (SSSR count). The third-order valence-electron chi connectivity index (χ3n) is 3.76. The zero-order chi connectivity index (χ0) is 13.0. The van der Waals surface area contributed by atoms with Gasteiger partial charge in [-0.1, -0.05) is 19.1 Å². The predicted octanol–water partition coefficient (Wildman–Crippen LogP) is 3.23. The van der Waals surface area contributed by atoms with Crippen molar-refractivity contribution < 1.29 is 0 Å². The summed E-state index contributed by atoms with van der Waals surface area (Å²) in [6, 6.07) is 9.29. The first kappa shape index (κ1) is 13.8. The van der Waals surface area contributed by atoms with E-state index in [0.717, 1.165) is 18.3 Å². The van der Waals surface area contributed by atoms with E-state index < -0.39 is 0 Å². The minimum absolute atomic E-state index is 0.697. The topological polar surface area (TPSA) is 15.3 Å². The van der Waals surface area contributed by atoms with E-state index in [4.69, 9.17) is 0 Å². The third kappa shape index (κ3) is 3.66. The Bertz CT molecular complexity index is 381. The van der Waals surface area contributed by atoms with Crippen molar-refractivity contribution in [3.8, 4) is 0 Å². The number of benzene rings is 1. The summed E-state index contributed by atoms with van der Waals surface area (Å²) in [7, 11) is 0. The highest BCUT2D eigenvalue weighted by atomic mass is 32.2. The van der Waals surface area contributed by atoms with E-state index in [9.17, 15) is 0 Å². The Kier molecular flexibility index (Phi) is 4.95. The number of hydrogen-bond acceptors (Lipinski definition) is 3. The zero-order valence-corrected chi connectivity index (χ0v) is 12.5. The van der Waals surface area contributed by atoms with Crippen molar-refractivity contribution in [3.05, 3.63) is 29.8 Å². The number of thioether (sulfide) groups is 1. The van der Waals surface area contributed by atoms with Crippen molar-refractivity contribution in [2.24, 2.45) is 0 Å². The first-order valence-electron chi connectivity index (χ1n) is 6.83. The normalized spacial score (nSPS) is 25.1. The van der Waals surface area contributed by atoms with Gasteiger partial charge in [0.1, 0.15) is 0 Å². The number of nitrogens with zero attached hydrogens (tertiary/aromatic N) is 1. The average molecular weight is 264 g/mol. The highest BCUT2D eigenvalue weighted by Gasteiger charge is 2.24. The van der Waals surface area contributed by atoms with Crippen LogP contribution < -0.4 is 5.32 Å². The second kappa shape index (κ2) is 6.48. The van der Waals surface area contributed by atoms with E-state index in [1.807, 2.05) is 0 Å². The van der Waals surface area contributed by atoms with E-state index in [1.165, 1.54) is 23.5 Å². The molecule has 0 radical (unpaired) electrons. The second-order valence-electron chi connectivity index (χ2n) is 5.15. The third-order valence-corrected chi connectivity index (χ3v) is 5.10. The van der Waals surface area contributed by atoms with Crippen molar-refractivity contribution in [2.45, 2.75) is 32.1 Å². The Labute approximate surface area is 115 Å². The number of nitrogens with one attached hydrogen (secondary N) is 1. The predicted molar refractivity (Wildman–Crippen MR) is 82.6 cm³/mol. The van der Waals surface area contributed by atoms with Gasteiger partial charge in [0, 0.05) is 42.4 Å². The molecule has 2 nitrogen and oxygen atoms in total. The molecule has 2 unspecified atom stereocenters. The van der Waals surface area contributed by atoms with Gasteiger partial charge in [0.15, 0.2) is 0 Å². The van der Waals surface area contributed by atoms with E-state index >= 15 is 0 Å². The van der Waals surface area contributed by atoms with Gasteiger partial charge in [-0.15, -0.1) is 0 Å². The molecule has 1 fully saturated rings. The molecule has 0 aromatic heterocycles. The summed E-state index contributed by atoms with van der Waals surface area (Å²) in [6.45, 7) is 10.2. The van der Waals surface area contributed by atoms with E-state index in [2.05, 4.69) is 67.0 Å². The molecule has 1 aliphatic heterocycles. The van der Waals surface area contributed by atoms with Gasteiger partial charge in [0.2, 0.25) is 0 Å². The summed E-state index contributed by atoms with van der Waals surface area (Å²) < 4.78 is 0. The van der Waals surface area contributed by atoms with Crippen LogP contribution in [0.3, 0.4) is 0 Å². The van der Waals surface area contributed by atoms with Crippen molar-refractivity contribution in [3.63, 3.8) is 0 Å². The van der Waals surface area contributed by atoms with Crippen LogP contribution in [0.2, 0.25) is 0 Å². The lowest BCUT2D eigenvalue weighted by Gasteiger charge is -2.37. The molecule has 18 heavy (non-hydrogen) atoms. The van der Waals surface area contributed by atoms with Gasteiger partial charge in [-0.3, -0.25) is 4.90 Å². The summed E-state index contributed by atoms with van der Waals surface area (Å²) in [5, 5.41) is 4.28. The van der Waals surface area contributed by atoms with Crippen LogP contribution in [0.1, 0.15) is 19.4 Å².